The summed E-state index contributed by atoms with van der Waals surface area (Å²) in [5.74, 6) is -1.51. The number of hydrogen-bond donors (Lipinski definition) is 1. The van der Waals surface area contributed by atoms with E-state index in [1.165, 1.54) is 30.4 Å². The number of carbonyl (C=O) groups excluding carboxylic acids is 1. The first kappa shape index (κ1) is 21.0. The van der Waals surface area contributed by atoms with E-state index in [1.54, 1.807) is 29.2 Å². The maximum absolute atomic E-state index is 13.0. The van der Waals surface area contributed by atoms with Gasteiger partial charge in [-0.05, 0) is 48.4 Å². The number of carboxylic acid groups (broad SMARTS) is 1. The lowest BCUT2D eigenvalue weighted by Gasteiger charge is -2.39. The molecule has 2 aromatic carbocycles. The van der Waals surface area contributed by atoms with Gasteiger partial charge in [0.1, 0.15) is 5.82 Å². The zero-order chi connectivity index (χ0) is 21.0. The van der Waals surface area contributed by atoms with Crippen molar-refractivity contribution in [1.82, 2.24) is 9.80 Å². The van der Waals surface area contributed by atoms with E-state index in [-0.39, 0.29) is 23.3 Å². The van der Waals surface area contributed by atoms with Crippen LogP contribution in [0.2, 0.25) is 5.02 Å². The van der Waals surface area contributed by atoms with Gasteiger partial charge in [0, 0.05) is 43.3 Å². The van der Waals surface area contributed by atoms with Crippen molar-refractivity contribution in [2.75, 3.05) is 19.6 Å². The van der Waals surface area contributed by atoms with E-state index in [4.69, 9.17) is 11.6 Å². The fourth-order valence-corrected chi connectivity index (χ4v) is 3.64. The number of aromatic carboxylic acids is 1. The molecule has 7 heteroatoms. The van der Waals surface area contributed by atoms with E-state index in [2.05, 4.69) is 4.90 Å². The average Bonchev–Trinajstić information content (AvgIpc) is 2.68. The minimum atomic E-state index is -1.10. The predicted octanol–water partition coefficient (Wildman–Crippen LogP) is 3.92. The minimum absolute atomic E-state index is 0.00510. The van der Waals surface area contributed by atoms with Gasteiger partial charge in [-0.25, -0.2) is 9.18 Å². The molecule has 152 valence electrons. The fourth-order valence-electron chi connectivity index (χ4n) is 3.47. The molecule has 1 heterocycles. The molecule has 0 saturated carbocycles. The molecule has 1 aliphatic heterocycles. The van der Waals surface area contributed by atoms with Crippen LogP contribution >= 0.6 is 11.6 Å². The Balaban J connectivity index is 1.62. The molecule has 5 nitrogen and oxygen atoms in total. The van der Waals surface area contributed by atoms with Crippen molar-refractivity contribution in [3.05, 3.63) is 76.1 Å². The maximum atomic E-state index is 13.0. The van der Waals surface area contributed by atoms with Crippen LogP contribution in [-0.2, 0) is 11.3 Å². The van der Waals surface area contributed by atoms with E-state index < -0.39 is 5.97 Å². The summed E-state index contributed by atoms with van der Waals surface area (Å²) in [6, 6.07) is 11.0. The molecule has 0 spiro atoms. The summed E-state index contributed by atoms with van der Waals surface area (Å²) < 4.78 is 13.0. The smallest absolute Gasteiger partial charge is 0.336 e. The zero-order valence-electron chi connectivity index (χ0n) is 16.0. The Bertz CT molecular complexity index is 930. The van der Waals surface area contributed by atoms with E-state index in [0.29, 0.717) is 36.8 Å². The lowest BCUT2D eigenvalue weighted by molar-refractivity contribution is -0.130. The molecule has 0 aromatic heterocycles. The molecule has 2 aromatic rings. The fraction of sp³-hybridized carbons (Fsp3) is 0.273. The van der Waals surface area contributed by atoms with E-state index >= 15 is 0 Å². The van der Waals surface area contributed by atoms with Crippen LogP contribution < -0.4 is 0 Å². The maximum Gasteiger partial charge on any atom is 0.336 e. The molecule has 1 aliphatic rings. The third kappa shape index (κ3) is 5.43. The first-order chi connectivity index (χ1) is 13.8. The number of hydrogen-bond acceptors (Lipinski definition) is 3. The van der Waals surface area contributed by atoms with Crippen LogP contribution in [0, 0.1) is 5.82 Å². The molecule has 0 aliphatic carbocycles. The lowest BCUT2D eigenvalue weighted by atomic mass is 10.1. The number of amides is 1. The van der Waals surface area contributed by atoms with Gasteiger partial charge in [-0.2, -0.15) is 0 Å². The van der Waals surface area contributed by atoms with E-state index in [1.807, 2.05) is 6.92 Å². The molecule has 1 fully saturated rings. The van der Waals surface area contributed by atoms with Gasteiger partial charge in [0.2, 0.25) is 5.91 Å². The van der Waals surface area contributed by atoms with Crippen molar-refractivity contribution in [3.63, 3.8) is 0 Å². The highest BCUT2D eigenvalue weighted by Gasteiger charge is 2.26. The largest absolute Gasteiger partial charge is 0.478 e. The van der Waals surface area contributed by atoms with Crippen LogP contribution in [-0.4, -0.2) is 52.5 Å². The Kier molecular flexibility index (Phi) is 6.67. The third-order valence-electron chi connectivity index (χ3n) is 4.97. The first-order valence-electron chi connectivity index (χ1n) is 9.32. The standard InChI is InChI=1S/C22H22ClFN2O3/c1-15-13-25(14-16-2-7-19(24)8-3-16)10-11-26(15)21(27)9-5-17-4-6-18(23)12-20(17)22(28)29/h2-9,12,15H,10-11,13-14H2,1H3,(H,28,29)/t15-/m1/s1. The van der Waals surface area contributed by atoms with Gasteiger partial charge in [-0.3, -0.25) is 9.69 Å². The normalized spacial score (nSPS) is 17.6. The zero-order valence-corrected chi connectivity index (χ0v) is 16.8. The van der Waals surface area contributed by atoms with Crippen LogP contribution in [0.1, 0.15) is 28.4 Å². The van der Waals surface area contributed by atoms with Crippen LogP contribution in [0.3, 0.4) is 0 Å². The molecule has 1 saturated heterocycles. The van der Waals surface area contributed by atoms with Gasteiger partial charge in [0.25, 0.3) is 0 Å². The summed E-state index contributed by atoms with van der Waals surface area (Å²) in [5, 5.41) is 9.63. The number of nitrogens with zero attached hydrogens (tertiary/aromatic N) is 2. The second-order valence-corrected chi connectivity index (χ2v) is 7.55. The summed E-state index contributed by atoms with van der Waals surface area (Å²) in [6.45, 7) is 4.67. The topological polar surface area (TPSA) is 60.9 Å². The second kappa shape index (κ2) is 9.20. The summed E-state index contributed by atoms with van der Waals surface area (Å²) in [6.07, 6.45) is 2.92. The van der Waals surface area contributed by atoms with Crippen molar-refractivity contribution in [3.8, 4) is 0 Å². The number of carboxylic acids is 1. The Hall–Kier alpha value is -2.70. The van der Waals surface area contributed by atoms with Crippen molar-refractivity contribution < 1.29 is 19.1 Å². The number of halogens is 2. The second-order valence-electron chi connectivity index (χ2n) is 7.11. The number of benzene rings is 2. The Morgan fingerprint density at radius 3 is 2.59 bits per heavy atom. The van der Waals surface area contributed by atoms with Gasteiger partial charge in [-0.15, -0.1) is 0 Å². The SMILES string of the molecule is C[C@@H]1CN(Cc2ccc(F)cc2)CCN1C(=O)C=Cc1ccc(Cl)cc1C(=O)O. The molecule has 1 amide bonds. The van der Waals surface area contributed by atoms with Gasteiger partial charge < -0.3 is 10.0 Å². The Morgan fingerprint density at radius 1 is 1.21 bits per heavy atom. The average molecular weight is 417 g/mol. The van der Waals surface area contributed by atoms with Crippen molar-refractivity contribution in [1.29, 1.82) is 0 Å². The Labute approximate surface area is 174 Å². The summed E-state index contributed by atoms with van der Waals surface area (Å²) in [5.41, 5.74) is 1.51. The molecular weight excluding hydrogens is 395 g/mol. The van der Waals surface area contributed by atoms with Gasteiger partial charge >= 0.3 is 5.97 Å². The molecule has 0 radical (unpaired) electrons. The highest BCUT2D eigenvalue weighted by Crippen LogP contribution is 2.19. The molecule has 0 unspecified atom stereocenters. The van der Waals surface area contributed by atoms with Crippen LogP contribution in [0.25, 0.3) is 6.08 Å². The monoisotopic (exact) mass is 416 g/mol. The lowest BCUT2D eigenvalue weighted by Crippen LogP contribution is -2.53. The molecule has 1 N–H and O–H groups in total. The molecule has 1 atom stereocenters. The summed E-state index contributed by atoms with van der Waals surface area (Å²) in [7, 11) is 0. The third-order valence-corrected chi connectivity index (χ3v) is 5.20. The molecule has 0 bridgehead atoms. The van der Waals surface area contributed by atoms with Crippen molar-refractivity contribution >= 4 is 29.6 Å². The van der Waals surface area contributed by atoms with Gasteiger partial charge in [-0.1, -0.05) is 29.8 Å². The van der Waals surface area contributed by atoms with E-state index in [0.717, 1.165) is 5.56 Å². The van der Waals surface area contributed by atoms with Gasteiger partial charge in [0.05, 0.1) is 5.56 Å². The number of piperazine rings is 1. The van der Waals surface area contributed by atoms with Crippen molar-refractivity contribution in [2.24, 2.45) is 0 Å². The minimum Gasteiger partial charge on any atom is -0.478 e. The molecule has 3 rings (SSSR count). The number of carbonyl (C=O) groups is 2. The highest BCUT2D eigenvalue weighted by molar-refractivity contribution is 6.31. The first-order valence-corrected chi connectivity index (χ1v) is 9.69. The van der Waals surface area contributed by atoms with E-state index in [9.17, 15) is 19.1 Å². The Morgan fingerprint density at radius 2 is 1.93 bits per heavy atom. The van der Waals surface area contributed by atoms with Crippen LogP contribution in [0.15, 0.2) is 48.5 Å². The van der Waals surface area contributed by atoms with Crippen molar-refractivity contribution in [2.45, 2.75) is 19.5 Å². The molecule has 29 heavy (non-hydrogen) atoms. The number of rotatable bonds is 5. The highest BCUT2D eigenvalue weighted by atomic mass is 35.5. The van der Waals surface area contributed by atoms with Gasteiger partial charge in [0.15, 0.2) is 0 Å². The van der Waals surface area contributed by atoms with Crippen LogP contribution in [0.5, 0.6) is 0 Å². The quantitative estimate of drug-likeness (QED) is 0.750. The summed E-state index contributed by atoms with van der Waals surface area (Å²) in [4.78, 5) is 28.0. The molecular formula is C22H22ClFN2O3. The van der Waals surface area contributed by atoms with Crippen LogP contribution in [0.4, 0.5) is 4.39 Å². The summed E-state index contributed by atoms with van der Waals surface area (Å²) >= 11 is 5.86. The predicted molar refractivity (Wildman–Crippen MR) is 110 cm³/mol.